The molecule has 0 aliphatic rings. The summed E-state index contributed by atoms with van der Waals surface area (Å²) in [6, 6.07) is 4.70. The normalized spacial score (nSPS) is 8.62. The molecule has 0 radical (unpaired) electrons. The number of non-ortho nitro benzene ring substituents is 1. The number of carbonyl (C=O) groups is 1. The van der Waals surface area contributed by atoms with Crippen molar-refractivity contribution in [2.24, 2.45) is 0 Å². The van der Waals surface area contributed by atoms with Crippen molar-refractivity contribution in [1.82, 2.24) is 0 Å². The van der Waals surface area contributed by atoms with Crippen molar-refractivity contribution < 1.29 is 14.8 Å². The summed E-state index contributed by atoms with van der Waals surface area (Å²) < 4.78 is 0. The molecule has 1 N–H and O–H groups in total. The second kappa shape index (κ2) is 5.16. The quantitative estimate of drug-likeness (QED) is 0.433. The average molecular weight is 209 g/mol. The molecule has 1 aromatic carbocycles. The number of carboxylic acid groups (broad SMARTS) is 1. The molecule has 5 nitrogen and oxygen atoms in total. The van der Waals surface area contributed by atoms with Crippen LogP contribution in [0.15, 0.2) is 24.3 Å². The summed E-state index contributed by atoms with van der Waals surface area (Å²) in [4.78, 5) is 19.9. The van der Waals surface area contributed by atoms with Gasteiger partial charge in [-0.05, 0) is 12.1 Å². The molecule has 0 aliphatic heterocycles. The molecule has 0 amide bonds. The van der Waals surface area contributed by atoms with E-state index in [-0.39, 0.29) is 49.0 Å². The Morgan fingerprint density at radius 2 is 1.77 bits per heavy atom. The molecule has 0 fully saturated rings. The predicted molar refractivity (Wildman–Crippen MR) is 48.6 cm³/mol. The summed E-state index contributed by atoms with van der Waals surface area (Å²) >= 11 is 0. The molecule has 13 heavy (non-hydrogen) atoms. The Morgan fingerprint density at radius 3 is 2.08 bits per heavy atom. The van der Waals surface area contributed by atoms with E-state index in [1.807, 2.05) is 0 Å². The van der Waals surface area contributed by atoms with Crippen molar-refractivity contribution in [2.75, 3.05) is 0 Å². The Kier molecular flexibility index (Phi) is 4.90. The number of hydrogen-bond acceptors (Lipinski definition) is 3. The minimum absolute atomic E-state index is 0. The maximum atomic E-state index is 10.3. The Hall–Kier alpha value is -0.650. The number of nitro groups is 1. The Labute approximate surface area is 104 Å². The van der Waals surface area contributed by atoms with E-state index in [1.165, 1.54) is 12.1 Å². The van der Waals surface area contributed by atoms with Crippen LogP contribution in [0.3, 0.4) is 0 Å². The summed E-state index contributed by atoms with van der Waals surface area (Å²) in [5, 5.41) is 18.6. The summed E-state index contributed by atoms with van der Waals surface area (Å²) in [6.45, 7) is 0. The van der Waals surface area contributed by atoms with Gasteiger partial charge in [-0.3, -0.25) is 10.1 Å². The first kappa shape index (κ1) is 12.3. The van der Waals surface area contributed by atoms with Gasteiger partial charge in [0.2, 0.25) is 0 Å². The molecule has 6 heteroatoms. The van der Waals surface area contributed by atoms with Crippen LogP contribution < -0.4 is 0 Å². The van der Waals surface area contributed by atoms with E-state index in [0.29, 0.717) is 0 Å². The fraction of sp³-hybridized carbons (Fsp3) is 0. The van der Waals surface area contributed by atoms with Gasteiger partial charge in [0.1, 0.15) is 0 Å². The van der Waals surface area contributed by atoms with Crippen LogP contribution in [0.2, 0.25) is 0 Å². The molecule has 1 rings (SSSR count). The topological polar surface area (TPSA) is 80.4 Å². The van der Waals surface area contributed by atoms with Gasteiger partial charge in [-0.15, -0.1) is 0 Å². The maximum absolute atomic E-state index is 10.3. The first-order valence-electron chi connectivity index (χ1n) is 3.09. The van der Waals surface area contributed by atoms with E-state index in [0.717, 1.165) is 12.1 Å². The van der Waals surface area contributed by atoms with Crippen molar-refractivity contribution in [3.8, 4) is 0 Å². The van der Waals surface area contributed by atoms with Crippen LogP contribution in [-0.2, 0) is 0 Å². The van der Waals surface area contributed by atoms with Gasteiger partial charge in [-0.25, -0.2) is 4.79 Å². The Balaban J connectivity index is 0.00000144. The van der Waals surface area contributed by atoms with Crippen LogP contribution in [0.4, 0.5) is 5.69 Å². The zero-order valence-corrected chi connectivity index (χ0v) is 5.93. The van der Waals surface area contributed by atoms with Crippen molar-refractivity contribution in [1.29, 1.82) is 0 Å². The van der Waals surface area contributed by atoms with Crippen molar-refractivity contribution >= 4 is 49.4 Å². The van der Waals surface area contributed by atoms with Gasteiger partial charge in [0.15, 0.2) is 0 Å². The third-order valence-electron chi connectivity index (χ3n) is 1.33. The average Bonchev–Trinajstić information content (AvgIpc) is 2.04. The molecular formula is C7H7CaNO4. The van der Waals surface area contributed by atoms with E-state index in [1.54, 1.807) is 0 Å². The van der Waals surface area contributed by atoms with Gasteiger partial charge < -0.3 is 5.11 Å². The molecule has 0 spiro atoms. The fourth-order valence-electron chi connectivity index (χ4n) is 0.726. The number of nitrogens with zero attached hydrogens (tertiary/aromatic N) is 1. The summed E-state index contributed by atoms with van der Waals surface area (Å²) in [6.07, 6.45) is 0. The molecule has 0 unspecified atom stereocenters. The zero-order chi connectivity index (χ0) is 9.14. The van der Waals surface area contributed by atoms with E-state index < -0.39 is 10.9 Å². The molecule has 0 saturated carbocycles. The predicted octanol–water partition coefficient (Wildman–Crippen LogP) is 0.377. The third-order valence-corrected chi connectivity index (χ3v) is 1.33. The minimum atomic E-state index is -1.09. The van der Waals surface area contributed by atoms with Crippen LogP contribution in [0.5, 0.6) is 0 Å². The SMILES string of the molecule is O=C(O)c1ccc([N+](=O)[O-])cc1.[CaH2]. The van der Waals surface area contributed by atoms with Crippen LogP contribution >= 0.6 is 0 Å². The number of carboxylic acids is 1. The molecule has 0 saturated heterocycles. The Morgan fingerprint density at radius 1 is 1.31 bits per heavy atom. The van der Waals surface area contributed by atoms with Gasteiger partial charge in [0.05, 0.1) is 10.5 Å². The number of benzene rings is 1. The summed E-state index contributed by atoms with van der Waals surface area (Å²) in [5.74, 6) is -1.09. The molecule has 0 atom stereocenters. The number of hydrogen-bond donors (Lipinski definition) is 1. The van der Waals surface area contributed by atoms with Crippen LogP contribution in [0.1, 0.15) is 10.4 Å². The second-order valence-electron chi connectivity index (χ2n) is 2.11. The summed E-state index contributed by atoms with van der Waals surface area (Å²) in [7, 11) is 0. The van der Waals surface area contributed by atoms with Crippen LogP contribution in [-0.4, -0.2) is 53.7 Å². The molecule has 66 valence electrons. The first-order valence-corrected chi connectivity index (χ1v) is 3.09. The summed E-state index contributed by atoms with van der Waals surface area (Å²) in [5.41, 5.74) is -0.0689. The van der Waals surface area contributed by atoms with Crippen LogP contribution in [0.25, 0.3) is 0 Å². The fourth-order valence-corrected chi connectivity index (χ4v) is 0.726. The standard InChI is InChI=1S/C7H5NO4.Ca.2H/c9-7(10)5-1-3-6(4-2-5)8(11)12;;;/h1-4H,(H,9,10);;;. The molecule has 0 aromatic heterocycles. The number of aromatic carboxylic acids is 1. The molecule has 0 aliphatic carbocycles. The first-order chi connectivity index (χ1) is 5.61. The van der Waals surface area contributed by atoms with E-state index >= 15 is 0 Å². The van der Waals surface area contributed by atoms with E-state index in [2.05, 4.69) is 0 Å². The van der Waals surface area contributed by atoms with Crippen molar-refractivity contribution in [2.45, 2.75) is 0 Å². The molecule has 0 heterocycles. The monoisotopic (exact) mass is 209 g/mol. The number of nitro benzene ring substituents is 1. The second-order valence-corrected chi connectivity index (χ2v) is 2.11. The van der Waals surface area contributed by atoms with Gasteiger partial charge in [-0.1, -0.05) is 0 Å². The van der Waals surface area contributed by atoms with Gasteiger partial charge in [0, 0.05) is 12.1 Å². The Bertz CT molecular complexity index is 289. The molecule has 0 bridgehead atoms. The van der Waals surface area contributed by atoms with Gasteiger partial charge >= 0.3 is 43.7 Å². The molecule has 1 aromatic rings. The van der Waals surface area contributed by atoms with E-state index in [4.69, 9.17) is 5.11 Å². The zero-order valence-electron chi connectivity index (χ0n) is 5.93. The van der Waals surface area contributed by atoms with Gasteiger partial charge in [0.25, 0.3) is 5.69 Å². The van der Waals surface area contributed by atoms with Crippen molar-refractivity contribution in [3.63, 3.8) is 0 Å². The molecular weight excluding hydrogens is 202 g/mol. The van der Waals surface area contributed by atoms with Gasteiger partial charge in [-0.2, -0.15) is 0 Å². The third kappa shape index (κ3) is 3.30. The van der Waals surface area contributed by atoms with Crippen LogP contribution in [0, 0.1) is 10.1 Å². The van der Waals surface area contributed by atoms with Crippen molar-refractivity contribution in [3.05, 3.63) is 39.9 Å². The van der Waals surface area contributed by atoms with E-state index in [9.17, 15) is 14.9 Å². The number of rotatable bonds is 2.